The fourth-order valence-corrected chi connectivity index (χ4v) is 3.03. The van der Waals surface area contributed by atoms with Crippen LogP contribution in [0.3, 0.4) is 0 Å². The summed E-state index contributed by atoms with van der Waals surface area (Å²) in [6.45, 7) is 3.89. The number of nitrogens with zero attached hydrogens (tertiary/aromatic N) is 3. The van der Waals surface area contributed by atoms with Gasteiger partial charge in [-0.25, -0.2) is 0 Å². The molecular formula is C16H19N3O3. The van der Waals surface area contributed by atoms with Crippen molar-refractivity contribution in [2.75, 3.05) is 13.1 Å². The largest absolute Gasteiger partial charge is 0.361 e. The summed E-state index contributed by atoms with van der Waals surface area (Å²) in [7, 11) is 0. The number of hydrogen-bond donors (Lipinski definition) is 0. The number of rotatable bonds is 5. The van der Waals surface area contributed by atoms with Crippen LogP contribution in [0.2, 0.25) is 0 Å². The van der Waals surface area contributed by atoms with Crippen LogP contribution >= 0.6 is 0 Å². The average Bonchev–Trinajstić information content (AvgIpc) is 3.14. The number of non-ortho nitro benzene ring substituents is 1. The van der Waals surface area contributed by atoms with Crippen LogP contribution in [0.4, 0.5) is 5.69 Å². The van der Waals surface area contributed by atoms with Crippen molar-refractivity contribution in [3.63, 3.8) is 0 Å². The molecule has 1 aliphatic rings. The minimum atomic E-state index is -0.368. The van der Waals surface area contributed by atoms with E-state index in [1.54, 1.807) is 12.1 Å². The molecule has 116 valence electrons. The summed E-state index contributed by atoms with van der Waals surface area (Å²) in [5, 5.41) is 14.8. The number of aryl methyl sites for hydroxylation is 1. The molecule has 3 rings (SSSR count). The maximum Gasteiger partial charge on any atom is 0.269 e. The zero-order valence-electron chi connectivity index (χ0n) is 12.6. The molecule has 0 N–H and O–H groups in total. The quantitative estimate of drug-likeness (QED) is 0.626. The zero-order chi connectivity index (χ0) is 15.5. The first kappa shape index (κ1) is 14.7. The molecule has 0 bridgehead atoms. The van der Waals surface area contributed by atoms with E-state index < -0.39 is 0 Å². The first-order valence-electron chi connectivity index (χ1n) is 7.54. The van der Waals surface area contributed by atoms with Crippen LogP contribution in [0.15, 0.2) is 34.9 Å². The lowest BCUT2D eigenvalue weighted by molar-refractivity contribution is -0.384. The Morgan fingerprint density at radius 2 is 2.18 bits per heavy atom. The fraction of sp³-hybridized carbons (Fsp3) is 0.438. The van der Waals surface area contributed by atoms with Gasteiger partial charge in [-0.1, -0.05) is 17.3 Å². The van der Waals surface area contributed by atoms with Gasteiger partial charge in [0.05, 0.1) is 11.0 Å². The third kappa shape index (κ3) is 3.17. The van der Waals surface area contributed by atoms with Crippen LogP contribution in [-0.2, 0) is 6.42 Å². The number of hydrogen-bond acceptors (Lipinski definition) is 5. The highest BCUT2D eigenvalue weighted by atomic mass is 16.6. The zero-order valence-corrected chi connectivity index (χ0v) is 12.6. The predicted octanol–water partition coefficient (Wildman–Crippen LogP) is 3.27. The Hall–Kier alpha value is -2.21. The van der Waals surface area contributed by atoms with Gasteiger partial charge >= 0.3 is 0 Å². The molecular weight excluding hydrogens is 282 g/mol. The van der Waals surface area contributed by atoms with E-state index in [2.05, 4.69) is 10.1 Å². The van der Waals surface area contributed by atoms with Gasteiger partial charge in [0.1, 0.15) is 11.5 Å². The van der Waals surface area contributed by atoms with Crippen molar-refractivity contribution in [2.24, 2.45) is 0 Å². The third-order valence-corrected chi connectivity index (χ3v) is 4.19. The minimum absolute atomic E-state index is 0.140. The molecule has 0 saturated carbocycles. The van der Waals surface area contributed by atoms with E-state index in [-0.39, 0.29) is 10.6 Å². The van der Waals surface area contributed by atoms with Crippen LogP contribution in [0, 0.1) is 17.0 Å². The summed E-state index contributed by atoms with van der Waals surface area (Å²) >= 11 is 0. The minimum Gasteiger partial charge on any atom is -0.361 e. The molecule has 2 heterocycles. The number of nitro groups is 1. The average molecular weight is 301 g/mol. The molecule has 0 unspecified atom stereocenters. The highest BCUT2D eigenvalue weighted by molar-refractivity contribution is 5.33. The van der Waals surface area contributed by atoms with Crippen molar-refractivity contribution in [1.82, 2.24) is 10.1 Å². The van der Waals surface area contributed by atoms with Gasteiger partial charge in [-0.15, -0.1) is 0 Å². The summed E-state index contributed by atoms with van der Waals surface area (Å²) in [6.07, 6.45) is 3.15. The fourth-order valence-electron chi connectivity index (χ4n) is 3.03. The standard InChI is InChI=1S/C16H19N3O3/c1-12-11-15(17-22-12)16-3-2-9-18(16)10-8-13-4-6-14(7-5-13)19(20)21/h4-7,11,16H,2-3,8-10H2,1H3/t16-/m0/s1. The van der Waals surface area contributed by atoms with Gasteiger partial charge in [-0.05, 0) is 38.3 Å². The molecule has 1 saturated heterocycles. The molecule has 1 aliphatic heterocycles. The second-order valence-corrected chi connectivity index (χ2v) is 5.73. The SMILES string of the molecule is Cc1cc([C@@H]2CCCN2CCc2ccc([N+](=O)[O-])cc2)no1. The van der Waals surface area contributed by atoms with Crippen molar-refractivity contribution < 1.29 is 9.45 Å². The monoisotopic (exact) mass is 301 g/mol. The number of likely N-dealkylation sites (tertiary alicyclic amines) is 1. The molecule has 22 heavy (non-hydrogen) atoms. The molecule has 1 aromatic carbocycles. The molecule has 0 spiro atoms. The Labute approximate surface area is 128 Å². The molecule has 0 amide bonds. The summed E-state index contributed by atoms with van der Waals surface area (Å²) in [5.41, 5.74) is 2.27. The van der Waals surface area contributed by atoms with Gasteiger partial charge in [-0.3, -0.25) is 15.0 Å². The Balaban J connectivity index is 1.61. The Morgan fingerprint density at radius 3 is 2.82 bits per heavy atom. The first-order valence-corrected chi connectivity index (χ1v) is 7.54. The van der Waals surface area contributed by atoms with E-state index in [9.17, 15) is 10.1 Å². The molecule has 6 heteroatoms. The van der Waals surface area contributed by atoms with E-state index in [4.69, 9.17) is 4.52 Å². The Kier molecular flexibility index (Phi) is 4.20. The van der Waals surface area contributed by atoms with Gasteiger partial charge < -0.3 is 4.52 Å². The van der Waals surface area contributed by atoms with Crippen LogP contribution in [0.25, 0.3) is 0 Å². The van der Waals surface area contributed by atoms with Crippen molar-refractivity contribution in [2.45, 2.75) is 32.2 Å². The lowest BCUT2D eigenvalue weighted by atomic mass is 10.1. The third-order valence-electron chi connectivity index (χ3n) is 4.19. The summed E-state index contributed by atoms with van der Waals surface area (Å²) in [5.74, 6) is 0.845. The highest BCUT2D eigenvalue weighted by Crippen LogP contribution is 2.31. The number of nitro benzene ring substituents is 1. The van der Waals surface area contributed by atoms with Crippen LogP contribution in [0.5, 0.6) is 0 Å². The second kappa shape index (κ2) is 6.27. The second-order valence-electron chi connectivity index (χ2n) is 5.73. The summed E-state index contributed by atoms with van der Waals surface area (Å²) in [6, 6.07) is 9.15. The lowest BCUT2D eigenvalue weighted by Crippen LogP contribution is -2.25. The van der Waals surface area contributed by atoms with E-state index in [1.165, 1.54) is 0 Å². The summed E-state index contributed by atoms with van der Waals surface area (Å²) < 4.78 is 5.18. The molecule has 0 aliphatic carbocycles. The Bertz CT molecular complexity index is 651. The van der Waals surface area contributed by atoms with Crippen molar-refractivity contribution in [3.8, 4) is 0 Å². The van der Waals surface area contributed by atoms with E-state index in [0.717, 1.165) is 49.4 Å². The molecule has 2 aromatic rings. The molecule has 6 nitrogen and oxygen atoms in total. The van der Waals surface area contributed by atoms with Gasteiger partial charge in [-0.2, -0.15) is 0 Å². The van der Waals surface area contributed by atoms with Crippen LogP contribution < -0.4 is 0 Å². The molecule has 1 aromatic heterocycles. The predicted molar refractivity (Wildman–Crippen MR) is 81.6 cm³/mol. The summed E-state index contributed by atoms with van der Waals surface area (Å²) in [4.78, 5) is 12.7. The van der Waals surface area contributed by atoms with Crippen LogP contribution in [0.1, 0.15) is 35.9 Å². The smallest absolute Gasteiger partial charge is 0.269 e. The van der Waals surface area contributed by atoms with E-state index in [0.29, 0.717) is 6.04 Å². The number of aromatic nitrogens is 1. The molecule has 0 radical (unpaired) electrons. The molecule has 1 atom stereocenters. The van der Waals surface area contributed by atoms with Gasteiger partial charge in [0, 0.05) is 24.7 Å². The van der Waals surface area contributed by atoms with E-state index >= 15 is 0 Å². The first-order chi connectivity index (χ1) is 10.6. The van der Waals surface area contributed by atoms with Crippen molar-refractivity contribution >= 4 is 5.69 Å². The number of benzene rings is 1. The van der Waals surface area contributed by atoms with Gasteiger partial charge in [0.25, 0.3) is 5.69 Å². The maximum atomic E-state index is 10.7. The maximum absolute atomic E-state index is 10.7. The lowest BCUT2D eigenvalue weighted by Gasteiger charge is -2.22. The van der Waals surface area contributed by atoms with Gasteiger partial charge in [0.15, 0.2) is 0 Å². The molecule has 1 fully saturated rings. The Morgan fingerprint density at radius 1 is 1.41 bits per heavy atom. The van der Waals surface area contributed by atoms with Crippen molar-refractivity contribution in [3.05, 3.63) is 57.5 Å². The van der Waals surface area contributed by atoms with Crippen LogP contribution in [-0.4, -0.2) is 28.1 Å². The normalized spacial score (nSPS) is 18.7. The van der Waals surface area contributed by atoms with Gasteiger partial charge in [0.2, 0.25) is 0 Å². The highest BCUT2D eigenvalue weighted by Gasteiger charge is 2.27. The van der Waals surface area contributed by atoms with E-state index in [1.807, 2.05) is 25.1 Å². The topological polar surface area (TPSA) is 72.4 Å². The van der Waals surface area contributed by atoms with Crippen molar-refractivity contribution in [1.29, 1.82) is 0 Å².